The molecule has 2 rings (SSSR count). The monoisotopic (exact) mass is 230 g/mol. The molecule has 0 aliphatic rings. The van der Waals surface area contributed by atoms with Gasteiger partial charge in [-0.05, 0) is 17.5 Å². The van der Waals surface area contributed by atoms with Gasteiger partial charge in [-0.25, -0.2) is 4.98 Å². The summed E-state index contributed by atoms with van der Waals surface area (Å²) >= 11 is 0. The maximum absolute atomic E-state index is 4.32. The number of hydrogen-bond acceptors (Lipinski definition) is 3. The van der Waals surface area contributed by atoms with Gasteiger partial charge in [0.15, 0.2) is 0 Å². The Bertz CT molecular complexity index is 447. The normalized spacial score (nSPS) is 10.8. The van der Waals surface area contributed by atoms with Gasteiger partial charge in [0.1, 0.15) is 0 Å². The zero-order chi connectivity index (χ0) is 12.1. The molecule has 4 nitrogen and oxygen atoms in total. The van der Waals surface area contributed by atoms with Crippen molar-refractivity contribution >= 4 is 5.95 Å². The Hall–Kier alpha value is -1.84. The van der Waals surface area contributed by atoms with Crippen molar-refractivity contribution < 1.29 is 0 Å². The van der Waals surface area contributed by atoms with Gasteiger partial charge < -0.3 is 9.88 Å². The van der Waals surface area contributed by atoms with Crippen LogP contribution in [0.5, 0.6) is 0 Å². The second kappa shape index (κ2) is 5.48. The van der Waals surface area contributed by atoms with Gasteiger partial charge in [0.25, 0.3) is 0 Å². The summed E-state index contributed by atoms with van der Waals surface area (Å²) in [5, 5.41) is 3.33. The van der Waals surface area contributed by atoms with Crippen LogP contribution in [0, 0.1) is 5.92 Å². The predicted octanol–water partition coefficient (Wildman–Crippen LogP) is 2.55. The first kappa shape index (κ1) is 11.6. The molecule has 0 bridgehead atoms. The molecule has 0 radical (unpaired) electrons. The van der Waals surface area contributed by atoms with Crippen LogP contribution in [0.1, 0.15) is 19.4 Å². The Balaban J connectivity index is 1.97. The fraction of sp³-hybridized carbons (Fsp3) is 0.385. The van der Waals surface area contributed by atoms with Crippen LogP contribution in [0.4, 0.5) is 5.95 Å². The zero-order valence-corrected chi connectivity index (χ0v) is 10.3. The van der Waals surface area contributed by atoms with Crippen LogP contribution < -0.4 is 5.32 Å². The molecule has 17 heavy (non-hydrogen) atoms. The number of nitrogens with zero attached hydrogens (tertiary/aromatic N) is 3. The minimum absolute atomic E-state index is 0.614. The number of pyridine rings is 1. The van der Waals surface area contributed by atoms with E-state index in [2.05, 4.69) is 39.8 Å². The number of hydrogen-bond donors (Lipinski definition) is 1. The number of anilines is 1. The summed E-state index contributed by atoms with van der Waals surface area (Å²) < 4.78 is 2.14. The molecule has 0 saturated heterocycles. The summed E-state index contributed by atoms with van der Waals surface area (Å²) in [7, 11) is 0. The number of rotatable bonds is 5. The van der Waals surface area contributed by atoms with Crippen molar-refractivity contribution in [3.63, 3.8) is 0 Å². The van der Waals surface area contributed by atoms with Crippen LogP contribution in [-0.2, 0) is 13.1 Å². The van der Waals surface area contributed by atoms with Crippen molar-refractivity contribution in [2.75, 3.05) is 5.32 Å². The summed E-state index contributed by atoms with van der Waals surface area (Å²) in [6.07, 6.45) is 7.48. The molecular weight excluding hydrogens is 212 g/mol. The number of aromatic nitrogens is 3. The molecule has 4 heteroatoms. The fourth-order valence-electron chi connectivity index (χ4n) is 1.70. The molecule has 0 unspecified atom stereocenters. The topological polar surface area (TPSA) is 42.7 Å². The summed E-state index contributed by atoms with van der Waals surface area (Å²) in [4.78, 5) is 8.40. The largest absolute Gasteiger partial charge is 0.352 e. The van der Waals surface area contributed by atoms with Gasteiger partial charge in [-0.1, -0.05) is 19.9 Å². The first-order valence-electron chi connectivity index (χ1n) is 5.89. The van der Waals surface area contributed by atoms with Gasteiger partial charge >= 0.3 is 0 Å². The first-order valence-corrected chi connectivity index (χ1v) is 5.89. The molecule has 2 aromatic rings. The lowest BCUT2D eigenvalue weighted by molar-refractivity contribution is 0.526. The van der Waals surface area contributed by atoms with E-state index in [1.165, 1.54) is 0 Å². The van der Waals surface area contributed by atoms with Crippen molar-refractivity contribution in [3.05, 3.63) is 42.5 Å². The van der Waals surface area contributed by atoms with Crippen molar-refractivity contribution in [2.24, 2.45) is 5.92 Å². The van der Waals surface area contributed by atoms with Crippen LogP contribution in [0.25, 0.3) is 0 Å². The zero-order valence-electron chi connectivity index (χ0n) is 10.3. The number of nitrogens with one attached hydrogen (secondary N) is 1. The van der Waals surface area contributed by atoms with E-state index < -0.39 is 0 Å². The van der Waals surface area contributed by atoms with Gasteiger partial charge in [0, 0.05) is 37.9 Å². The second-order valence-corrected chi connectivity index (χ2v) is 4.51. The lowest BCUT2D eigenvalue weighted by Crippen LogP contribution is -2.10. The Kier molecular flexibility index (Phi) is 3.75. The average Bonchev–Trinajstić information content (AvgIpc) is 2.74. The highest BCUT2D eigenvalue weighted by molar-refractivity contribution is 5.28. The Morgan fingerprint density at radius 3 is 2.94 bits per heavy atom. The van der Waals surface area contributed by atoms with E-state index in [1.54, 1.807) is 6.20 Å². The molecular formula is C13H18N4. The van der Waals surface area contributed by atoms with Crippen LogP contribution in [0.3, 0.4) is 0 Å². The minimum Gasteiger partial charge on any atom is -0.352 e. The summed E-state index contributed by atoms with van der Waals surface area (Å²) in [5.74, 6) is 1.53. The standard InChI is InChI=1S/C13H18N4/c1-11(2)10-17-7-6-15-13(17)16-9-12-4-3-5-14-8-12/h3-8,11H,9-10H2,1-2H3,(H,15,16). The lowest BCUT2D eigenvalue weighted by Gasteiger charge is -2.11. The van der Waals surface area contributed by atoms with Crippen LogP contribution >= 0.6 is 0 Å². The summed E-state index contributed by atoms with van der Waals surface area (Å²) in [6.45, 7) is 6.13. The van der Waals surface area contributed by atoms with Crippen molar-refractivity contribution in [1.29, 1.82) is 0 Å². The van der Waals surface area contributed by atoms with Gasteiger partial charge in [-0.15, -0.1) is 0 Å². The first-order chi connectivity index (χ1) is 8.25. The molecule has 0 atom stereocenters. The average molecular weight is 230 g/mol. The highest BCUT2D eigenvalue weighted by atomic mass is 15.2. The molecule has 90 valence electrons. The van der Waals surface area contributed by atoms with E-state index >= 15 is 0 Å². The van der Waals surface area contributed by atoms with Gasteiger partial charge in [-0.2, -0.15) is 0 Å². The molecule has 0 fully saturated rings. The fourth-order valence-corrected chi connectivity index (χ4v) is 1.70. The van der Waals surface area contributed by atoms with Crippen LogP contribution in [-0.4, -0.2) is 14.5 Å². The maximum Gasteiger partial charge on any atom is 0.203 e. The second-order valence-electron chi connectivity index (χ2n) is 4.51. The third-order valence-corrected chi connectivity index (χ3v) is 2.45. The molecule has 0 aliphatic carbocycles. The van der Waals surface area contributed by atoms with Crippen molar-refractivity contribution in [1.82, 2.24) is 14.5 Å². The molecule has 0 aliphatic heterocycles. The quantitative estimate of drug-likeness (QED) is 0.858. The SMILES string of the molecule is CC(C)Cn1ccnc1NCc1cccnc1. The molecule has 0 saturated carbocycles. The van der Waals surface area contributed by atoms with E-state index in [9.17, 15) is 0 Å². The Labute approximate surface area is 102 Å². The van der Waals surface area contributed by atoms with E-state index in [0.717, 1.165) is 24.6 Å². The molecule has 2 heterocycles. The third kappa shape index (κ3) is 3.31. The minimum atomic E-state index is 0.614. The number of imidazole rings is 1. The lowest BCUT2D eigenvalue weighted by atomic mass is 10.2. The van der Waals surface area contributed by atoms with Crippen LogP contribution in [0.2, 0.25) is 0 Å². The predicted molar refractivity (Wildman–Crippen MR) is 68.6 cm³/mol. The molecule has 0 aromatic carbocycles. The smallest absolute Gasteiger partial charge is 0.203 e. The van der Waals surface area contributed by atoms with E-state index in [4.69, 9.17) is 0 Å². The van der Waals surface area contributed by atoms with Crippen LogP contribution in [0.15, 0.2) is 36.9 Å². The maximum atomic E-state index is 4.32. The molecule has 0 amide bonds. The highest BCUT2D eigenvalue weighted by Crippen LogP contribution is 2.09. The van der Waals surface area contributed by atoms with E-state index in [-0.39, 0.29) is 0 Å². The third-order valence-electron chi connectivity index (χ3n) is 2.45. The van der Waals surface area contributed by atoms with Crippen molar-refractivity contribution in [3.8, 4) is 0 Å². The van der Waals surface area contributed by atoms with E-state index in [0.29, 0.717) is 5.92 Å². The molecule has 1 N–H and O–H groups in total. The Morgan fingerprint density at radius 2 is 2.24 bits per heavy atom. The highest BCUT2D eigenvalue weighted by Gasteiger charge is 2.03. The van der Waals surface area contributed by atoms with Gasteiger partial charge in [0.05, 0.1) is 0 Å². The molecule has 0 spiro atoms. The van der Waals surface area contributed by atoms with Crippen molar-refractivity contribution in [2.45, 2.75) is 26.9 Å². The summed E-state index contributed by atoms with van der Waals surface area (Å²) in [6, 6.07) is 3.99. The molecule has 2 aromatic heterocycles. The van der Waals surface area contributed by atoms with Gasteiger partial charge in [0.2, 0.25) is 5.95 Å². The van der Waals surface area contributed by atoms with Gasteiger partial charge in [-0.3, -0.25) is 4.98 Å². The van der Waals surface area contributed by atoms with E-state index in [1.807, 2.05) is 24.7 Å². The Morgan fingerprint density at radius 1 is 1.35 bits per heavy atom. The summed E-state index contributed by atoms with van der Waals surface area (Å²) in [5.41, 5.74) is 1.16.